The van der Waals surface area contributed by atoms with Crippen molar-refractivity contribution >= 4 is 10.8 Å². The molecule has 3 heteroatoms. The summed E-state index contributed by atoms with van der Waals surface area (Å²) in [5, 5.41) is 2.63. The predicted octanol–water partition coefficient (Wildman–Crippen LogP) is -1.77. The molecule has 1 radical (unpaired) electrons. The normalized spacial score (nSPS) is 8.89. The Hall–Kier alpha value is -0.487. The second-order valence-electron chi connectivity index (χ2n) is 3.74. The number of halogens is 2. The van der Waals surface area contributed by atoms with Crippen LogP contribution in [0.2, 0.25) is 0 Å². The summed E-state index contributed by atoms with van der Waals surface area (Å²) < 4.78 is 0. The van der Waals surface area contributed by atoms with Gasteiger partial charge in [-0.1, -0.05) is 54.1 Å². The minimum Gasteiger partial charge on any atom is -1.00 e. The van der Waals surface area contributed by atoms with Crippen LogP contribution in [0.15, 0.2) is 66.7 Å². The maximum Gasteiger partial charge on any atom is 3.00 e. The van der Waals surface area contributed by atoms with Crippen molar-refractivity contribution in [1.82, 2.24) is 0 Å². The average molecular weight is 353 g/mol. The SMILES string of the molecule is [Cl-].[Cl-].[Zr+3].c1ccc(-c2cc3ccccc3[cH-]2)cc1. The van der Waals surface area contributed by atoms with Crippen molar-refractivity contribution in [2.24, 2.45) is 0 Å². The summed E-state index contributed by atoms with van der Waals surface area (Å²) in [5.74, 6) is 0. The van der Waals surface area contributed by atoms with Crippen LogP contribution in [0.25, 0.3) is 21.9 Å². The molecule has 0 aliphatic rings. The van der Waals surface area contributed by atoms with Gasteiger partial charge in [-0.15, -0.1) is 34.5 Å². The molecule has 0 spiro atoms. The first-order chi connectivity index (χ1) is 7.43. The first kappa shape index (κ1) is 17.5. The summed E-state index contributed by atoms with van der Waals surface area (Å²) in [6, 6.07) is 23.4. The minimum atomic E-state index is 0. The van der Waals surface area contributed by atoms with E-state index in [9.17, 15) is 0 Å². The fourth-order valence-corrected chi connectivity index (χ4v) is 1.95. The van der Waals surface area contributed by atoms with E-state index in [1.807, 2.05) is 6.07 Å². The Morgan fingerprint density at radius 1 is 0.722 bits per heavy atom. The van der Waals surface area contributed by atoms with E-state index in [4.69, 9.17) is 0 Å². The molecule has 0 aliphatic carbocycles. The van der Waals surface area contributed by atoms with Crippen LogP contribution < -0.4 is 24.8 Å². The van der Waals surface area contributed by atoms with Gasteiger partial charge in [-0.25, -0.2) is 0 Å². The van der Waals surface area contributed by atoms with E-state index in [-0.39, 0.29) is 51.0 Å². The molecule has 0 fully saturated rings. The molecule has 18 heavy (non-hydrogen) atoms. The van der Waals surface area contributed by atoms with E-state index in [0.717, 1.165) is 0 Å². The molecule has 3 aromatic rings. The molecule has 0 saturated carbocycles. The molecule has 3 aromatic carbocycles. The van der Waals surface area contributed by atoms with Crippen LogP contribution in [-0.4, -0.2) is 0 Å². The van der Waals surface area contributed by atoms with Gasteiger partial charge in [-0.2, -0.15) is 0 Å². The summed E-state index contributed by atoms with van der Waals surface area (Å²) in [7, 11) is 0. The average Bonchev–Trinajstić information content (AvgIpc) is 2.74. The minimum absolute atomic E-state index is 0. The predicted molar refractivity (Wildman–Crippen MR) is 65.0 cm³/mol. The Labute approximate surface area is 139 Å². The van der Waals surface area contributed by atoms with Crippen LogP contribution in [-0.2, 0) is 26.2 Å². The zero-order valence-electron chi connectivity index (χ0n) is 9.61. The Morgan fingerprint density at radius 2 is 1.33 bits per heavy atom. The van der Waals surface area contributed by atoms with Crippen molar-refractivity contribution in [1.29, 1.82) is 0 Å². The van der Waals surface area contributed by atoms with Gasteiger partial charge in [0, 0.05) is 0 Å². The molecular formula is C15H11Cl2Zr. The fourth-order valence-electron chi connectivity index (χ4n) is 1.95. The maximum absolute atomic E-state index is 2.24. The van der Waals surface area contributed by atoms with Crippen LogP contribution in [0.1, 0.15) is 0 Å². The Bertz CT molecular complexity index is 555. The van der Waals surface area contributed by atoms with Gasteiger partial charge in [0.25, 0.3) is 0 Å². The third-order valence-corrected chi connectivity index (χ3v) is 2.73. The monoisotopic (exact) mass is 351 g/mol. The molecule has 0 nitrogen and oxygen atoms in total. The van der Waals surface area contributed by atoms with E-state index in [1.54, 1.807) is 0 Å². The number of benzene rings is 2. The zero-order valence-corrected chi connectivity index (χ0v) is 13.6. The Balaban J connectivity index is 0.000000963. The molecule has 0 N–H and O–H groups in total. The van der Waals surface area contributed by atoms with Crippen LogP contribution in [0.4, 0.5) is 0 Å². The van der Waals surface area contributed by atoms with Gasteiger partial charge in [0.2, 0.25) is 0 Å². The molecular weight excluding hydrogens is 342 g/mol. The molecule has 0 heterocycles. The molecule has 0 atom stereocenters. The zero-order chi connectivity index (χ0) is 10.1. The third-order valence-electron chi connectivity index (χ3n) is 2.73. The Morgan fingerprint density at radius 3 is 2.00 bits per heavy atom. The number of fused-ring (bicyclic) bond motifs is 1. The second kappa shape index (κ2) is 7.84. The van der Waals surface area contributed by atoms with E-state index in [0.29, 0.717) is 0 Å². The van der Waals surface area contributed by atoms with Gasteiger partial charge < -0.3 is 24.8 Å². The van der Waals surface area contributed by atoms with Crippen LogP contribution in [0.3, 0.4) is 0 Å². The number of hydrogen-bond donors (Lipinski definition) is 0. The smallest absolute Gasteiger partial charge is 1.00 e. The largest absolute Gasteiger partial charge is 3.00 e. The van der Waals surface area contributed by atoms with Gasteiger partial charge in [-0.3, -0.25) is 0 Å². The molecule has 0 bridgehead atoms. The van der Waals surface area contributed by atoms with Gasteiger partial charge in [0.15, 0.2) is 0 Å². The summed E-state index contributed by atoms with van der Waals surface area (Å²) >= 11 is 0. The standard InChI is InChI=1S/C15H11.2ClH.Zr/c1-2-6-12(7-3-1)15-10-13-8-4-5-9-14(13)11-15;;;/h1-11H;2*1H;/q-1;;;+3/p-2. The molecule has 0 saturated heterocycles. The summed E-state index contributed by atoms with van der Waals surface area (Å²) in [4.78, 5) is 0. The quantitative estimate of drug-likeness (QED) is 0.455. The molecule has 0 aliphatic heterocycles. The van der Waals surface area contributed by atoms with Crippen molar-refractivity contribution in [2.75, 3.05) is 0 Å². The molecule has 0 aromatic heterocycles. The molecule has 0 amide bonds. The van der Waals surface area contributed by atoms with Crippen molar-refractivity contribution in [2.45, 2.75) is 0 Å². The number of rotatable bonds is 1. The second-order valence-corrected chi connectivity index (χ2v) is 3.74. The van der Waals surface area contributed by atoms with Gasteiger partial charge >= 0.3 is 26.2 Å². The Kier molecular flexibility index (Phi) is 7.63. The van der Waals surface area contributed by atoms with Crippen LogP contribution in [0, 0.1) is 0 Å². The van der Waals surface area contributed by atoms with E-state index in [2.05, 4.69) is 60.7 Å². The molecule has 3 rings (SSSR count). The van der Waals surface area contributed by atoms with Crippen molar-refractivity contribution in [3.05, 3.63) is 66.7 Å². The summed E-state index contributed by atoms with van der Waals surface area (Å²) in [6.07, 6.45) is 0. The van der Waals surface area contributed by atoms with Gasteiger partial charge in [-0.05, 0) is 0 Å². The summed E-state index contributed by atoms with van der Waals surface area (Å²) in [5.41, 5.74) is 2.59. The van der Waals surface area contributed by atoms with E-state index in [1.165, 1.54) is 21.9 Å². The van der Waals surface area contributed by atoms with Crippen molar-refractivity contribution in [3.8, 4) is 11.1 Å². The maximum atomic E-state index is 2.24. The van der Waals surface area contributed by atoms with Crippen LogP contribution >= 0.6 is 0 Å². The van der Waals surface area contributed by atoms with Gasteiger partial charge in [0.05, 0.1) is 0 Å². The van der Waals surface area contributed by atoms with Crippen molar-refractivity contribution < 1.29 is 51.0 Å². The van der Waals surface area contributed by atoms with Crippen LogP contribution in [0.5, 0.6) is 0 Å². The third kappa shape index (κ3) is 3.51. The molecule has 89 valence electrons. The van der Waals surface area contributed by atoms with E-state index >= 15 is 0 Å². The van der Waals surface area contributed by atoms with Crippen molar-refractivity contribution in [3.63, 3.8) is 0 Å². The topological polar surface area (TPSA) is 0 Å². The summed E-state index contributed by atoms with van der Waals surface area (Å²) in [6.45, 7) is 0. The van der Waals surface area contributed by atoms with E-state index < -0.39 is 0 Å². The van der Waals surface area contributed by atoms with Gasteiger partial charge in [0.1, 0.15) is 0 Å². The molecule has 0 unspecified atom stereocenters. The first-order valence-electron chi connectivity index (χ1n) is 5.14. The number of hydrogen-bond acceptors (Lipinski definition) is 0. The fraction of sp³-hybridized carbons (Fsp3) is 0. The first-order valence-corrected chi connectivity index (χ1v) is 5.14.